The van der Waals surface area contributed by atoms with Crippen LogP contribution in [-0.4, -0.2) is 56.7 Å². The van der Waals surface area contributed by atoms with Crippen molar-refractivity contribution in [3.8, 4) is 0 Å². The van der Waals surface area contributed by atoms with Crippen LogP contribution in [0.1, 0.15) is 19.3 Å². The molecular formula is C11H23N5O2. The maximum absolute atomic E-state index is 11.7. The maximum Gasteiger partial charge on any atom is 0.244 e. The van der Waals surface area contributed by atoms with Crippen LogP contribution in [0.5, 0.6) is 0 Å². The Labute approximate surface area is 108 Å². The van der Waals surface area contributed by atoms with E-state index in [2.05, 4.69) is 15.7 Å². The molecule has 0 radical (unpaired) electrons. The van der Waals surface area contributed by atoms with Gasteiger partial charge in [-0.1, -0.05) is 0 Å². The molecule has 104 valence electrons. The molecule has 1 aliphatic heterocycles. The molecule has 0 unspecified atom stereocenters. The maximum atomic E-state index is 11.7. The van der Waals surface area contributed by atoms with Gasteiger partial charge in [-0.15, -0.1) is 0 Å². The molecule has 4 N–H and O–H groups in total. The second-order valence-corrected chi connectivity index (χ2v) is 4.17. The minimum absolute atomic E-state index is 0.0546. The number of nitrogens with zero attached hydrogens (tertiary/aromatic N) is 2. The third-order valence-corrected chi connectivity index (χ3v) is 2.79. The summed E-state index contributed by atoms with van der Waals surface area (Å²) in [7, 11) is 1.66. The third-order valence-electron chi connectivity index (χ3n) is 2.79. The van der Waals surface area contributed by atoms with E-state index < -0.39 is 0 Å². The van der Waals surface area contributed by atoms with Crippen molar-refractivity contribution < 1.29 is 9.53 Å². The number of carbonyl (C=O) groups excluding carboxylic acids is 1. The molecule has 0 aromatic carbocycles. The van der Waals surface area contributed by atoms with Crippen LogP contribution < -0.4 is 16.6 Å². The van der Waals surface area contributed by atoms with Crippen LogP contribution in [0.15, 0.2) is 4.99 Å². The molecule has 0 aliphatic carbocycles. The lowest BCUT2D eigenvalue weighted by Gasteiger charge is -2.14. The van der Waals surface area contributed by atoms with Crippen molar-refractivity contribution in [3.63, 3.8) is 0 Å². The molecule has 7 nitrogen and oxygen atoms in total. The van der Waals surface area contributed by atoms with Crippen LogP contribution in [0, 0.1) is 0 Å². The summed E-state index contributed by atoms with van der Waals surface area (Å²) < 4.78 is 4.93. The zero-order valence-electron chi connectivity index (χ0n) is 10.9. The summed E-state index contributed by atoms with van der Waals surface area (Å²) in [6, 6.07) is 0. The monoisotopic (exact) mass is 257 g/mol. The first-order valence-corrected chi connectivity index (χ1v) is 6.29. The van der Waals surface area contributed by atoms with Gasteiger partial charge in [0.05, 0.1) is 0 Å². The number of rotatable bonds is 6. The minimum Gasteiger partial charge on any atom is -0.385 e. The molecule has 18 heavy (non-hydrogen) atoms. The molecule has 1 rings (SSSR count). The van der Waals surface area contributed by atoms with Crippen molar-refractivity contribution in [3.05, 3.63) is 0 Å². The number of hydrogen-bond donors (Lipinski definition) is 3. The van der Waals surface area contributed by atoms with Crippen LogP contribution in [0.25, 0.3) is 0 Å². The lowest BCUT2D eigenvalue weighted by atomic mass is 10.4. The highest BCUT2D eigenvalue weighted by Gasteiger charge is 2.17. The lowest BCUT2D eigenvalue weighted by Crippen LogP contribution is -2.43. The molecule has 0 aromatic heterocycles. The highest BCUT2D eigenvalue weighted by atomic mass is 16.5. The van der Waals surface area contributed by atoms with E-state index in [1.807, 2.05) is 4.90 Å². The molecule has 1 aliphatic rings. The molecule has 0 spiro atoms. The van der Waals surface area contributed by atoms with E-state index in [-0.39, 0.29) is 12.5 Å². The molecule has 0 bridgehead atoms. The fourth-order valence-electron chi connectivity index (χ4n) is 1.79. The Balaban J connectivity index is 2.25. The molecule has 0 aromatic rings. The Bertz CT molecular complexity index is 277. The average Bonchev–Trinajstić information content (AvgIpc) is 2.91. The van der Waals surface area contributed by atoms with Gasteiger partial charge >= 0.3 is 0 Å². The van der Waals surface area contributed by atoms with Gasteiger partial charge in [-0.25, -0.2) is 10.8 Å². The first kappa shape index (κ1) is 14.7. The van der Waals surface area contributed by atoms with Gasteiger partial charge in [0, 0.05) is 33.4 Å². The van der Waals surface area contributed by atoms with Crippen molar-refractivity contribution in [1.82, 2.24) is 15.6 Å². The van der Waals surface area contributed by atoms with Crippen molar-refractivity contribution >= 4 is 11.9 Å². The summed E-state index contributed by atoms with van der Waals surface area (Å²) in [4.78, 5) is 17.7. The number of aliphatic imine (C=N–C) groups is 1. The highest BCUT2D eigenvalue weighted by molar-refractivity contribution is 5.84. The van der Waals surface area contributed by atoms with Crippen LogP contribution >= 0.6 is 0 Å². The molecular weight excluding hydrogens is 234 g/mol. The molecule has 1 amide bonds. The number of carbonyl (C=O) groups is 1. The zero-order valence-corrected chi connectivity index (χ0v) is 10.9. The Kier molecular flexibility index (Phi) is 7.12. The van der Waals surface area contributed by atoms with Crippen molar-refractivity contribution in [2.45, 2.75) is 19.3 Å². The zero-order chi connectivity index (χ0) is 13.2. The fourth-order valence-corrected chi connectivity index (χ4v) is 1.79. The third kappa shape index (κ3) is 5.33. The normalized spacial score (nSPS) is 15.9. The second-order valence-electron chi connectivity index (χ2n) is 4.17. The van der Waals surface area contributed by atoms with Gasteiger partial charge in [-0.2, -0.15) is 0 Å². The van der Waals surface area contributed by atoms with E-state index in [9.17, 15) is 4.79 Å². The van der Waals surface area contributed by atoms with Crippen LogP contribution in [0.4, 0.5) is 0 Å². The molecule has 1 saturated heterocycles. The number of guanidine groups is 1. The number of ether oxygens (including phenoxy) is 1. The number of nitrogens with two attached hydrogens (primary N) is 1. The lowest BCUT2D eigenvalue weighted by molar-refractivity contribution is -0.128. The Morgan fingerprint density at radius 3 is 2.78 bits per heavy atom. The SMILES string of the molecule is COCCCNC(=NCC(=O)N1CCCC1)NN. The van der Waals surface area contributed by atoms with Gasteiger partial charge in [-0.3, -0.25) is 10.2 Å². The van der Waals surface area contributed by atoms with E-state index in [4.69, 9.17) is 10.6 Å². The Morgan fingerprint density at radius 1 is 1.44 bits per heavy atom. The Hall–Kier alpha value is -1.34. The van der Waals surface area contributed by atoms with Crippen LogP contribution in [-0.2, 0) is 9.53 Å². The van der Waals surface area contributed by atoms with Gasteiger partial charge < -0.3 is 15.0 Å². The van der Waals surface area contributed by atoms with E-state index in [1.54, 1.807) is 7.11 Å². The summed E-state index contributed by atoms with van der Waals surface area (Å²) in [6.45, 7) is 3.21. The van der Waals surface area contributed by atoms with Gasteiger partial charge in [0.1, 0.15) is 6.54 Å². The summed E-state index contributed by atoms with van der Waals surface area (Å²) >= 11 is 0. The van der Waals surface area contributed by atoms with E-state index in [0.29, 0.717) is 19.1 Å². The van der Waals surface area contributed by atoms with E-state index in [1.165, 1.54) is 0 Å². The van der Waals surface area contributed by atoms with Gasteiger partial charge in [0.2, 0.25) is 11.9 Å². The number of hydrogen-bond acceptors (Lipinski definition) is 4. The largest absolute Gasteiger partial charge is 0.385 e. The van der Waals surface area contributed by atoms with Crippen molar-refractivity contribution in [1.29, 1.82) is 0 Å². The minimum atomic E-state index is 0.0546. The molecule has 0 saturated carbocycles. The molecule has 1 heterocycles. The summed E-state index contributed by atoms with van der Waals surface area (Å²) in [5, 5.41) is 3.01. The number of nitrogens with one attached hydrogen (secondary N) is 2. The van der Waals surface area contributed by atoms with Crippen molar-refractivity contribution in [2.75, 3.05) is 39.9 Å². The van der Waals surface area contributed by atoms with Crippen LogP contribution in [0.3, 0.4) is 0 Å². The number of hydrazine groups is 1. The quantitative estimate of drug-likeness (QED) is 0.188. The van der Waals surface area contributed by atoms with Gasteiger partial charge in [0.15, 0.2) is 0 Å². The fraction of sp³-hybridized carbons (Fsp3) is 0.818. The van der Waals surface area contributed by atoms with Gasteiger partial charge in [0.25, 0.3) is 0 Å². The van der Waals surface area contributed by atoms with Gasteiger partial charge in [-0.05, 0) is 19.3 Å². The summed E-state index contributed by atoms with van der Waals surface area (Å²) in [6.07, 6.45) is 3.04. The number of methoxy groups -OCH3 is 1. The number of amides is 1. The summed E-state index contributed by atoms with van der Waals surface area (Å²) in [5.74, 6) is 5.83. The molecule has 7 heteroatoms. The average molecular weight is 257 g/mol. The topological polar surface area (TPSA) is 92.0 Å². The smallest absolute Gasteiger partial charge is 0.244 e. The van der Waals surface area contributed by atoms with Crippen LogP contribution in [0.2, 0.25) is 0 Å². The van der Waals surface area contributed by atoms with Crippen molar-refractivity contribution in [2.24, 2.45) is 10.8 Å². The first-order chi connectivity index (χ1) is 8.77. The summed E-state index contributed by atoms with van der Waals surface area (Å²) in [5.41, 5.74) is 2.45. The number of likely N-dealkylation sites (tertiary alicyclic amines) is 1. The molecule has 1 fully saturated rings. The predicted molar refractivity (Wildman–Crippen MR) is 69.9 cm³/mol. The highest BCUT2D eigenvalue weighted by Crippen LogP contribution is 2.07. The first-order valence-electron chi connectivity index (χ1n) is 6.29. The second kappa shape index (κ2) is 8.71. The standard InChI is InChI=1S/C11H23N5O2/c1-18-8-4-5-13-11(15-12)14-9-10(17)16-6-2-3-7-16/h2-9,12H2,1H3,(H2,13,14,15). The molecule has 0 atom stereocenters. The predicted octanol–water partition coefficient (Wildman–Crippen LogP) is -0.946. The Morgan fingerprint density at radius 2 is 2.17 bits per heavy atom. The van der Waals surface area contributed by atoms with E-state index >= 15 is 0 Å². The van der Waals surface area contributed by atoms with E-state index in [0.717, 1.165) is 32.4 Å².